The Labute approximate surface area is 213 Å². The summed E-state index contributed by atoms with van der Waals surface area (Å²) >= 11 is 0. The lowest BCUT2D eigenvalue weighted by Gasteiger charge is -2.37. The van der Waals surface area contributed by atoms with E-state index in [4.69, 9.17) is 9.72 Å². The molecule has 36 heavy (non-hydrogen) atoms. The van der Waals surface area contributed by atoms with Gasteiger partial charge in [0.05, 0.1) is 23.8 Å². The van der Waals surface area contributed by atoms with Gasteiger partial charge in [-0.1, -0.05) is 0 Å². The Kier molecular flexibility index (Phi) is 7.29. The number of hydrogen-bond acceptors (Lipinski definition) is 6. The fraction of sp³-hybridized carbons (Fsp3) is 0.593. The Morgan fingerprint density at radius 2 is 1.94 bits per heavy atom. The first-order valence-corrected chi connectivity index (χ1v) is 13.3. The van der Waals surface area contributed by atoms with Gasteiger partial charge in [-0.3, -0.25) is 19.4 Å². The number of carbonyl (C=O) groups excluding carboxylic acids is 1. The van der Waals surface area contributed by atoms with Crippen molar-refractivity contribution in [3.05, 3.63) is 42.0 Å². The number of hydrogen-bond donors (Lipinski definition) is 0. The number of benzene rings is 1. The number of piperazine rings is 1. The van der Waals surface area contributed by atoms with Crippen LogP contribution in [0.4, 0.5) is 10.5 Å². The minimum absolute atomic E-state index is 0.105. The monoisotopic (exact) mass is 493 g/mol. The maximum Gasteiger partial charge on any atom is 0.414 e. The molecule has 1 atom stereocenters. The second-order valence-corrected chi connectivity index (χ2v) is 10.3. The third kappa shape index (κ3) is 4.86. The molecule has 194 valence electrons. The fourth-order valence-corrected chi connectivity index (χ4v) is 5.69. The molecule has 4 heterocycles. The van der Waals surface area contributed by atoms with Crippen molar-refractivity contribution in [2.45, 2.75) is 65.2 Å². The Hall–Kier alpha value is -2.91. The summed E-state index contributed by atoms with van der Waals surface area (Å²) < 4.78 is 9.47. The maximum atomic E-state index is 12.6. The Morgan fingerprint density at radius 3 is 2.64 bits per heavy atom. The highest BCUT2D eigenvalue weighted by Crippen LogP contribution is 2.36. The van der Waals surface area contributed by atoms with E-state index in [9.17, 15) is 4.79 Å². The molecule has 0 unspecified atom stereocenters. The Bertz CT molecular complexity index is 1180. The highest BCUT2D eigenvalue weighted by molar-refractivity contribution is 5.95. The summed E-state index contributed by atoms with van der Waals surface area (Å²) in [5, 5.41) is 4.38. The first-order chi connectivity index (χ1) is 17.5. The average molecular weight is 494 g/mol. The van der Waals surface area contributed by atoms with E-state index in [1.165, 1.54) is 7.11 Å². The number of aryl methyl sites for hydroxylation is 3. The van der Waals surface area contributed by atoms with E-state index in [1.807, 2.05) is 23.1 Å². The molecular weight excluding hydrogens is 454 g/mol. The summed E-state index contributed by atoms with van der Waals surface area (Å²) in [6.45, 7) is 13.8. The SMILES string of the molecule is COC(=O)N1c2ccc3c(nc(CCn4cccn4)n3CCN3CCN(C(C)C)CC3)c2CC[C@@H]1C. The molecule has 3 aromatic rings. The van der Waals surface area contributed by atoms with E-state index >= 15 is 0 Å². The van der Waals surface area contributed by atoms with Crippen molar-refractivity contribution in [1.82, 2.24) is 29.1 Å². The van der Waals surface area contributed by atoms with Gasteiger partial charge in [-0.05, 0) is 51.8 Å². The number of amides is 1. The van der Waals surface area contributed by atoms with Crippen molar-refractivity contribution in [1.29, 1.82) is 0 Å². The van der Waals surface area contributed by atoms with Gasteiger partial charge >= 0.3 is 6.09 Å². The van der Waals surface area contributed by atoms with Crippen LogP contribution in [0.5, 0.6) is 0 Å². The standard InChI is InChI=1S/C27H39N7O2/c1-20(2)31-17-14-30(15-18-31)16-19-33-24-9-8-23-22(7-6-21(3)34(23)27(35)36-4)26(24)29-25(33)10-13-32-12-5-11-28-32/h5,8-9,11-12,20-21H,6-7,10,13-19H2,1-4H3/t21-/m0/s1. The van der Waals surface area contributed by atoms with Gasteiger partial charge in [0.2, 0.25) is 0 Å². The van der Waals surface area contributed by atoms with Crippen molar-refractivity contribution in [2.75, 3.05) is 44.7 Å². The van der Waals surface area contributed by atoms with Crippen molar-refractivity contribution >= 4 is 22.8 Å². The zero-order chi connectivity index (χ0) is 25.2. The van der Waals surface area contributed by atoms with Gasteiger partial charge in [-0.2, -0.15) is 5.10 Å². The van der Waals surface area contributed by atoms with Gasteiger partial charge in [0.1, 0.15) is 5.82 Å². The van der Waals surface area contributed by atoms with Gasteiger partial charge in [-0.25, -0.2) is 9.78 Å². The molecule has 2 aliphatic rings. The van der Waals surface area contributed by atoms with E-state index in [1.54, 1.807) is 4.90 Å². The van der Waals surface area contributed by atoms with Gasteiger partial charge in [-0.15, -0.1) is 0 Å². The number of nitrogens with zero attached hydrogens (tertiary/aromatic N) is 7. The molecule has 9 heteroatoms. The molecule has 0 aliphatic carbocycles. The minimum Gasteiger partial charge on any atom is -0.452 e. The second kappa shape index (κ2) is 10.6. The molecule has 1 fully saturated rings. The van der Waals surface area contributed by atoms with Crippen LogP contribution in [0.2, 0.25) is 0 Å². The molecule has 1 saturated heterocycles. The van der Waals surface area contributed by atoms with Crippen molar-refractivity contribution < 1.29 is 9.53 Å². The third-order valence-electron chi connectivity index (χ3n) is 7.86. The summed E-state index contributed by atoms with van der Waals surface area (Å²) in [6, 6.07) is 6.90. The minimum atomic E-state index is -0.304. The summed E-state index contributed by atoms with van der Waals surface area (Å²) in [7, 11) is 1.45. The first-order valence-electron chi connectivity index (χ1n) is 13.3. The lowest BCUT2D eigenvalue weighted by molar-refractivity contribution is 0.106. The van der Waals surface area contributed by atoms with Gasteiger partial charge in [0.15, 0.2) is 0 Å². The van der Waals surface area contributed by atoms with Crippen LogP contribution in [0.25, 0.3) is 11.0 Å². The molecule has 1 amide bonds. The number of anilines is 1. The average Bonchev–Trinajstić information content (AvgIpc) is 3.53. The number of rotatable bonds is 7. The van der Waals surface area contributed by atoms with Crippen LogP contribution in [-0.4, -0.2) is 87.1 Å². The van der Waals surface area contributed by atoms with Crippen LogP contribution in [0.1, 0.15) is 38.6 Å². The summed E-state index contributed by atoms with van der Waals surface area (Å²) in [5.41, 5.74) is 4.26. The summed E-state index contributed by atoms with van der Waals surface area (Å²) in [5.74, 6) is 1.08. The predicted octanol–water partition coefficient (Wildman–Crippen LogP) is 3.41. The number of fused-ring (bicyclic) bond motifs is 3. The number of ether oxygens (including phenoxy) is 1. The highest BCUT2D eigenvalue weighted by Gasteiger charge is 2.31. The fourth-order valence-electron chi connectivity index (χ4n) is 5.69. The molecule has 0 bridgehead atoms. The van der Waals surface area contributed by atoms with Crippen molar-refractivity contribution in [3.8, 4) is 0 Å². The molecular formula is C27H39N7O2. The van der Waals surface area contributed by atoms with Crippen molar-refractivity contribution in [2.24, 2.45) is 0 Å². The smallest absolute Gasteiger partial charge is 0.414 e. The van der Waals surface area contributed by atoms with Crippen LogP contribution in [0.3, 0.4) is 0 Å². The van der Waals surface area contributed by atoms with Crippen LogP contribution in [-0.2, 0) is 30.7 Å². The van der Waals surface area contributed by atoms with Gasteiger partial charge in [0, 0.05) is 82.3 Å². The highest BCUT2D eigenvalue weighted by atomic mass is 16.5. The molecule has 2 aliphatic heterocycles. The third-order valence-corrected chi connectivity index (χ3v) is 7.86. The maximum absolute atomic E-state index is 12.6. The molecule has 1 aromatic carbocycles. The normalized spacial score (nSPS) is 19.2. The van der Waals surface area contributed by atoms with Crippen LogP contribution in [0.15, 0.2) is 30.6 Å². The topological polar surface area (TPSA) is 71.7 Å². The Morgan fingerprint density at radius 1 is 1.14 bits per heavy atom. The zero-order valence-corrected chi connectivity index (χ0v) is 22.1. The second-order valence-electron chi connectivity index (χ2n) is 10.3. The molecule has 2 aromatic heterocycles. The van der Waals surface area contributed by atoms with Crippen LogP contribution in [0, 0.1) is 0 Å². The first kappa shape index (κ1) is 24.8. The lowest BCUT2D eigenvalue weighted by atomic mass is 9.96. The number of carbonyl (C=O) groups is 1. The number of aromatic nitrogens is 4. The van der Waals surface area contributed by atoms with Gasteiger partial charge < -0.3 is 9.30 Å². The van der Waals surface area contributed by atoms with Crippen LogP contribution < -0.4 is 4.90 Å². The molecule has 5 rings (SSSR count). The summed E-state index contributed by atoms with van der Waals surface area (Å²) in [4.78, 5) is 24.7. The molecule has 9 nitrogen and oxygen atoms in total. The number of methoxy groups -OCH3 is 1. The largest absolute Gasteiger partial charge is 0.452 e. The molecule has 0 N–H and O–H groups in total. The quantitative estimate of drug-likeness (QED) is 0.502. The van der Waals surface area contributed by atoms with E-state index in [0.717, 1.165) is 93.2 Å². The summed E-state index contributed by atoms with van der Waals surface area (Å²) in [6.07, 6.45) is 6.13. The molecule has 0 radical (unpaired) electrons. The van der Waals surface area contributed by atoms with Crippen LogP contribution >= 0.6 is 0 Å². The van der Waals surface area contributed by atoms with E-state index in [2.05, 4.69) is 52.4 Å². The van der Waals surface area contributed by atoms with Gasteiger partial charge in [0.25, 0.3) is 0 Å². The predicted molar refractivity (Wildman–Crippen MR) is 141 cm³/mol. The number of imidazole rings is 1. The molecule has 0 spiro atoms. The Balaban J connectivity index is 1.44. The molecule has 0 saturated carbocycles. The van der Waals surface area contributed by atoms with E-state index in [-0.39, 0.29) is 12.1 Å². The van der Waals surface area contributed by atoms with E-state index < -0.39 is 0 Å². The van der Waals surface area contributed by atoms with E-state index in [0.29, 0.717) is 6.04 Å². The zero-order valence-electron chi connectivity index (χ0n) is 22.1. The van der Waals surface area contributed by atoms with Crippen molar-refractivity contribution in [3.63, 3.8) is 0 Å². The lowest BCUT2D eigenvalue weighted by Crippen LogP contribution is -2.49.